The number of aromatic nitrogens is 3. The number of anilines is 1. The minimum atomic E-state index is -0.518. The molecule has 31 heavy (non-hydrogen) atoms. The van der Waals surface area contributed by atoms with Crippen molar-refractivity contribution in [3.05, 3.63) is 17.7 Å². The third-order valence-corrected chi connectivity index (χ3v) is 7.37. The molecular weight excluding hydrogens is 400 g/mol. The summed E-state index contributed by atoms with van der Waals surface area (Å²) in [6.07, 6.45) is 8.22. The second kappa shape index (κ2) is 8.45. The molecule has 5 heterocycles. The molecule has 3 saturated heterocycles. The molecule has 4 aliphatic rings. The molecule has 3 aliphatic heterocycles. The van der Waals surface area contributed by atoms with E-state index in [-0.39, 0.29) is 6.01 Å². The highest BCUT2D eigenvalue weighted by Crippen LogP contribution is 2.46. The maximum Gasteiger partial charge on any atom is 0.318 e. The van der Waals surface area contributed by atoms with Gasteiger partial charge in [0.15, 0.2) is 5.82 Å². The molecule has 0 spiro atoms. The molecule has 4 fully saturated rings. The zero-order valence-electron chi connectivity index (χ0n) is 18.4. The van der Waals surface area contributed by atoms with Gasteiger partial charge in [-0.05, 0) is 63.8 Å². The van der Waals surface area contributed by atoms with Gasteiger partial charge in [-0.15, -0.1) is 0 Å². The fourth-order valence-electron chi connectivity index (χ4n) is 5.46. The average Bonchev–Trinajstić information content (AvgIpc) is 3.30. The average molecular weight is 432 g/mol. The molecule has 4 atom stereocenters. The van der Waals surface area contributed by atoms with Gasteiger partial charge in [-0.2, -0.15) is 9.97 Å². The molecular formula is C23H31F2N5O. The molecule has 0 radical (unpaired) electrons. The predicted molar refractivity (Wildman–Crippen MR) is 116 cm³/mol. The number of halogens is 2. The van der Waals surface area contributed by atoms with Crippen molar-refractivity contribution in [1.82, 2.24) is 19.9 Å². The van der Waals surface area contributed by atoms with Crippen molar-refractivity contribution in [2.75, 3.05) is 38.2 Å². The molecule has 2 aromatic heterocycles. The fraction of sp³-hybridized carbons (Fsp3) is 0.696. The quantitative estimate of drug-likeness (QED) is 0.719. The van der Waals surface area contributed by atoms with Crippen LogP contribution in [-0.2, 0) is 0 Å². The molecule has 4 unspecified atom stereocenters. The number of aryl methyl sites for hydroxylation is 1. The number of alkyl halides is 1. The van der Waals surface area contributed by atoms with Gasteiger partial charge in [0.2, 0.25) is 0 Å². The van der Waals surface area contributed by atoms with Gasteiger partial charge >= 0.3 is 6.01 Å². The van der Waals surface area contributed by atoms with Gasteiger partial charge in [-0.25, -0.2) is 8.78 Å². The first-order chi connectivity index (χ1) is 15.0. The van der Waals surface area contributed by atoms with E-state index < -0.39 is 12.0 Å². The highest BCUT2D eigenvalue weighted by molar-refractivity contribution is 5.89. The summed E-state index contributed by atoms with van der Waals surface area (Å²) in [6.45, 7) is 5.40. The van der Waals surface area contributed by atoms with Crippen LogP contribution in [-0.4, -0.2) is 65.4 Å². The summed E-state index contributed by atoms with van der Waals surface area (Å²) in [5.41, 5.74) is 0.639. The molecule has 2 aromatic rings. The lowest BCUT2D eigenvalue weighted by molar-refractivity contribution is 0.292. The normalized spacial score (nSPS) is 29.7. The van der Waals surface area contributed by atoms with Crippen molar-refractivity contribution in [2.24, 2.45) is 11.8 Å². The van der Waals surface area contributed by atoms with Crippen LogP contribution in [0, 0.1) is 24.6 Å². The Labute approximate surface area is 182 Å². The van der Waals surface area contributed by atoms with Crippen LogP contribution in [0.4, 0.5) is 14.6 Å². The maximum absolute atomic E-state index is 14.4. The van der Waals surface area contributed by atoms with E-state index in [1.54, 1.807) is 13.1 Å². The van der Waals surface area contributed by atoms with Crippen molar-refractivity contribution >= 4 is 16.7 Å². The van der Waals surface area contributed by atoms with Gasteiger partial charge in [-0.3, -0.25) is 9.88 Å². The number of pyridine rings is 1. The minimum Gasteiger partial charge on any atom is -0.467 e. The van der Waals surface area contributed by atoms with E-state index in [2.05, 4.69) is 24.8 Å². The van der Waals surface area contributed by atoms with Gasteiger partial charge in [0, 0.05) is 31.9 Å². The van der Waals surface area contributed by atoms with E-state index in [0.717, 1.165) is 43.7 Å². The molecule has 6 nitrogen and oxygen atoms in total. The second-order valence-electron chi connectivity index (χ2n) is 9.40. The summed E-state index contributed by atoms with van der Waals surface area (Å²) >= 11 is 0. The number of ether oxygens (including phenoxy) is 1. The Morgan fingerprint density at radius 3 is 2.55 bits per heavy atom. The Hall–Kier alpha value is -2.09. The Kier molecular flexibility index (Phi) is 5.67. The number of hydrogen-bond donors (Lipinski definition) is 0. The summed E-state index contributed by atoms with van der Waals surface area (Å²) < 4.78 is 32.2. The van der Waals surface area contributed by atoms with Crippen molar-refractivity contribution < 1.29 is 13.5 Å². The third kappa shape index (κ3) is 4.19. The molecule has 0 N–H and O–H groups in total. The largest absolute Gasteiger partial charge is 0.467 e. The summed E-state index contributed by atoms with van der Waals surface area (Å²) in [5, 5.41) is 0.666. The molecule has 8 heteroatoms. The van der Waals surface area contributed by atoms with Crippen molar-refractivity contribution in [1.29, 1.82) is 0 Å². The summed E-state index contributed by atoms with van der Waals surface area (Å²) in [6, 6.07) is 0.821. The van der Waals surface area contributed by atoms with E-state index in [9.17, 15) is 8.78 Å². The number of rotatable bonds is 2. The van der Waals surface area contributed by atoms with Crippen LogP contribution in [0.5, 0.6) is 6.01 Å². The lowest BCUT2D eigenvalue weighted by Gasteiger charge is -2.23. The molecule has 6 rings (SSSR count). The van der Waals surface area contributed by atoms with Crippen molar-refractivity contribution in [2.45, 2.75) is 57.7 Å². The van der Waals surface area contributed by atoms with E-state index >= 15 is 0 Å². The first-order valence-corrected chi connectivity index (χ1v) is 11.5. The van der Waals surface area contributed by atoms with Crippen LogP contribution in [0.15, 0.2) is 6.20 Å². The SMILES string of the molecule is COc1nc(N2CCC3CC3CC2)c2cnc(C)c(F)c2n1.FC1CC2CCCN2C1. The number of fused-ring (bicyclic) bond motifs is 3. The third-order valence-electron chi connectivity index (χ3n) is 7.37. The van der Waals surface area contributed by atoms with Crippen LogP contribution in [0.1, 0.15) is 44.2 Å². The van der Waals surface area contributed by atoms with Gasteiger partial charge in [0.1, 0.15) is 17.5 Å². The van der Waals surface area contributed by atoms with Gasteiger partial charge in [0.25, 0.3) is 0 Å². The fourth-order valence-corrected chi connectivity index (χ4v) is 5.46. The van der Waals surface area contributed by atoms with Crippen molar-refractivity contribution in [3.63, 3.8) is 0 Å². The second-order valence-corrected chi connectivity index (χ2v) is 9.40. The van der Waals surface area contributed by atoms with Crippen LogP contribution in [0.25, 0.3) is 10.9 Å². The first kappa shape index (κ1) is 20.8. The van der Waals surface area contributed by atoms with E-state index in [0.29, 0.717) is 29.2 Å². The maximum atomic E-state index is 14.4. The molecule has 0 bridgehead atoms. The first-order valence-electron chi connectivity index (χ1n) is 11.5. The Bertz CT molecular complexity index is 933. The van der Waals surface area contributed by atoms with E-state index in [1.165, 1.54) is 39.2 Å². The van der Waals surface area contributed by atoms with Crippen LogP contribution >= 0.6 is 0 Å². The number of methoxy groups -OCH3 is 1. The monoisotopic (exact) mass is 431 g/mol. The summed E-state index contributed by atoms with van der Waals surface area (Å²) in [4.78, 5) is 17.3. The molecule has 1 saturated carbocycles. The number of nitrogens with zero attached hydrogens (tertiary/aromatic N) is 5. The zero-order valence-corrected chi connectivity index (χ0v) is 18.4. The predicted octanol–water partition coefficient (Wildman–Crippen LogP) is 3.91. The van der Waals surface area contributed by atoms with E-state index in [4.69, 9.17) is 4.74 Å². The zero-order chi connectivity index (χ0) is 21.5. The summed E-state index contributed by atoms with van der Waals surface area (Å²) in [7, 11) is 1.51. The standard InChI is InChI=1S/C16H19FN4O.C7H12FN/c1-9-13(17)14-12(8-18-9)15(20-16(19-14)22-2)21-5-3-10-7-11(10)4-6-21;8-6-4-7-2-1-3-9(7)5-6/h8,10-11H,3-7H2,1-2H3;6-7H,1-5H2. The summed E-state index contributed by atoms with van der Waals surface area (Å²) in [5.74, 6) is 2.10. The Morgan fingerprint density at radius 2 is 1.84 bits per heavy atom. The molecule has 0 aromatic carbocycles. The van der Waals surface area contributed by atoms with Crippen LogP contribution in [0.2, 0.25) is 0 Å². The smallest absolute Gasteiger partial charge is 0.318 e. The number of hydrogen-bond acceptors (Lipinski definition) is 6. The van der Waals surface area contributed by atoms with Crippen molar-refractivity contribution in [3.8, 4) is 6.01 Å². The molecule has 0 amide bonds. The van der Waals surface area contributed by atoms with Crippen LogP contribution < -0.4 is 9.64 Å². The Morgan fingerprint density at radius 1 is 1.06 bits per heavy atom. The Balaban J connectivity index is 0.000000189. The molecule has 168 valence electrons. The van der Waals surface area contributed by atoms with Gasteiger partial charge in [-0.1, -0.05) is 0 Å². The lowest BCUT2D eigenvalue weighted by Crippen LogP contribution is -2.26. The van der Waals surface area contributed by atoms with E-state index in [1.807, 2.05) is 0 Å². The highest BCUT2D eigenvalue weighted by Gasteiger charge is 2.39. The lowest BCUT2D eigenvalue weighted by atomic mass is 10.1. The van der Waals surface area contributed by atoms with Crippen LogP contribution in [0.3, 0.4) is 0 Å². The molecule has 1 aliphatic carbocycles. The topological polar surface area (TPSA) is 54.4 Å². The van der Waals surface area contributed by atoms with Gasteiger partial charge in [0.05, 0.1) is 18.2 Å². The minimum absolute atomic E-state index is 0.210. The van der Waals surface area contributed by atoms with Gasteiger partial charge < -0.3 is 9.64 Å². The highest BCUT2D eigenvalue weighted by atomic mass is 19.1.